The summed E-state index contributed by atoms with van der Waals surface area (Å²) >= 11 is 0. The second-order valence-electron chi connectivity index (χ2n) is 4.00. The molecule has 0 radical (unpaired) electrons. The second-order valence-corrected chi connectivity index (χ2v) is 4.00. The Hall–Kier alpha value is -1.57. The maximum atomic E-state index is 4.11. The standard InChI is InChI=1S/C13H16N2/c1-10-8-14-7-6-13(10)9-15-11(2)4-5-12(15)3/h4-8H,9H2,1-3H3. The average molecular weight is 200 g/mol. The highest BCUT2D eigenvalue weighted by Crippen LogP contribution is 2.13. The Labute approximate surface area is 90.6 Å². The molecule has 0 saturated heterocycles. The van der Waals surface area contributed by atoms with Crippen molar-refractivity contribution in [3.8, 4) is 0 Å². The molecule has 0 aliphatic rings. The highest BCUT2D eigenvalue weighted by atomic mass is 15.0. The zero-order chi connectivity index (χ0) is 10.8. The summed E-state index contributed by atoms with van der Waals surface area (Å²) < 4.78 is 2.32. The van der Waals surface area contributed by atoms with Gasteiger partial charge in [0.2, 0.25) is 0 Å². The fourth-order valence-corrected chi connectivity index (χ4v) is 1.80. The molecule has 2 nitrogen and oxygen atoms in total. The lowest BCUT2D eigenvalue weighted by molar-refractivity contribution is 0.744. The highest BCUT2D eigenvalue weighted by molar-refractivity contribution is 5.24. The fourth-order valence-electron chi connectivity index (χ4n) is 1.80. The lowest BCUT2D eigenvalue weighted by Gasteiger charge is -2.11. The quantitative estimate of drug-likeness (QED) is 0.729. The van der Waals surface area contributed by atoms with Gasteiger partial charge in [0.15, 0.2) is 0 Å². The highest BCUT2D eigenvalue weighted by Gasteiger charge is 2.03. The maximum Gasteiger partial charge on any atom is 0.0478 e. The van der Waals surface area contributed by atoms with Crippen LogP contribution in [0.25, 0.3) is 0 Å². The predicted octanol–water partition coefficient (Wildman–Crippen LogP) is 2.86. The summed E-state index contributed by atoms with van der Waals surface area (Å²) in [7, 11) is 0. The van der Waals surface area contributed by atoms with Crippen molar-refractivity contribution in [2.45, 2.75) is 27.3 Å². The Morgan fingerprint density at radius 2 is 1.73 bits per heavy atom. The van der Waals surface area contributed by atoms with Gasteiger partial charge in [-0.15, -0.1) is 0 Å². The van der Waals surface area contributed by atoms with Gasteiger partial charge >= 0.3 is 0 Å². The number of aromatic nitrogens is 2. The molecule has 0 unspecified atom stereocenters. The second kappa shape index (κ2) is 3.89. The molecule has 0 spiro atoms. The average Bonchev–Trinajstić information content (AvgIpc) is 2.53. The molecule has 78 valence electrons. The molecular weight excluding hydrogens is 184 g/mol. The normalized spacial score (nSPS) is 10.6. The largest absolute Gasteiger partial charge is 0.345 e. The first-order valence-electron chi connectivity index (χ1n) is 5.20. The van der Waals surface area contributed by atoms with E-state index in [0.29, 0.717) is 0 Å². The van der Waals surface area contributed by atoms with Crippen LogP contribution >= 0.6 is 0 Å². The molecule has 0 N–H and O–H groups in total. The Morgan fingerprint density at radius 1 is 1.07 bits per heavy atom. The SMILES string of the molecule is Cc1cnccc1Cn1c(C)ccc1C. The van der Waals surface area contributed by atoms with Gasteiger partial charge < -0.3 is 4.57 Å². The van der Waals surface area contributed by atoms with Crippen LogP contribution in [0.5, 0.6) is 0 Å². The molecule has 2 rings (SSSR count). The molecule has 0 aliphatic carbocycles. The van der Waals surface area contributed by atoms with Crippen molar-refractivity contribution < 1.29 is 0 Å². The van der Waals surface area contributed by atoms with E-state index in [9.17, 15) is 0 Å². The number of hydrogen-bond acceptors (Lipinski definition) is 1. The van der Waals surface area contributed by atoms with Crippen molar-refractivity contribution in [1.29, 1.82) is 0 Å². The van der Waals surface area contributed by atoms with Crippen molar-refractivity contribution in [2.75, 3.05) is 0 Å². The summed E-state index contributed by atoms with van der Waals surface area (Å²) in [5.41, 5.74) is 5.21. The zero-order valence-electron chi connectivity index (χ0n) is 9.49. The predicted molar refractivity (Wildman–Crippen MR) is 62.0 cm³/mol. The van der Waals surface area contributed by atoms with E-state index in [1.165, 1.54) is 22.5 Å². The van der Waals surface area contributed by atoms with E-state index in [-0.39, 0.29) is 0 Å². The summed E-state index contributed by atoms with van der Waals surface area (Å²) in [5.74, 6) is 0. The Bertz CT molecular complexity index is 450. The smallest absolute Gasteiger partial charge is 0.0478 e. The molecule has 2 aromatic rings. The molecule has 15 heavy (non-hydrogen) atoms. The topological polar surface area (TPSA) is 17.8 Å². The van der Waals surface area contributed by atoms with Crippen molar-refractivity contribution in [3.05, 3.63) is 53.1 Å². The molecule has 2 heterocycles. The first-order valence-corrected chi connectivity index (χ1v) is 5.20. The molecule has 0 amide bonds. The van der Waals surface area contributed by atoms with E-state index in [4.69, 9.17) is 0 Å². The van der Waals surface area contributed by atoms with Crippen LogP contribution in [0.2, 0.25) is 0 Å². The monoisotopic (exact) mass is 200 g/mol. The molecule has 0 bridgehead atoms. The molecule has 2 heteroatoms. The van der Waals surface area contributed by atoms with E-state index < -0.39 is 0 Å². The molecule has 0 saturated carbocycles. The van der Waals surface area contributed by atoms with Crippen LogP contribution in [-0.4, -0.2) is 9.55 Å². The van der Waals surface area contributed by atoms with Crippen LogP contribution in [0.3, 0.4) is 0 Å². The maximum absolute atomic E-state index is 4.11. The van der Waals surface area contributed by atoms with Crippen LogP contribution < -0.4 is 0 Å². The number of pyridine rings is 1. The molecular formula is C13H16N2. The Balaban J connectivity index is 2.34. The van der Waals surface area contributed by atoms with Crippen LogP contribution in [0.15, 0.2) is 30.6 Å². The van der Waals surface area contributed by atoms with Gasteiger partial charge in [-0.3, -0.25) is 4.98 Å². The van der Waals surface area contributed by atoms with Crippen LogP contribution in [-0.2, 0) is 6.54 Å². The van der Waals surface area contributed by atoms with E-state index >= 15 is 0 Å². The third-order valence-corrected chi connectivity index (χ3v) is 2.88. The van der Waals surface area contributed by atoms with Gasteiger partial charge in [-0.25, -0.2) is 0 Å². The number of rotatable bonds is 2. The van der Waals surface area contributed by atoms with Gasteiger partial charge in [0.1, 0.15) is 0 Å². The zero-order valence-corrected chi connectivity index (χ0v) is 9.49. The van der Waals surface area contributed by atoms with Crippen molar-refractivity contribution >= 4 is 0 Å². The number of hydrogen-bond donors (Lipinski definition) is 0. The van der Waals surface area contributed by atoms with Crippen molar-refractivity contribution in [1.82, 2.24) is 9.55 Å². The van der Waals surface area contributed by atoms with E-state index in [1.54, 1.807) is 0 Å². The minimum Gasteiger partial charge on any atom is -0.345 e. The Morgan fingerprint density at radius 3 is 2.33 bits per heavy atom. The van der Waals surface area contributed by atoms with Gasteiger partial charge in [-0.1, -0.05) is 0 Å². The summed E-state index contributed by atoms with van der Waals surface area (Å²) in [5, 5.41) is 0. The van der Waals surface area contributed by atoms with Crippen molar-refractivity contribution in [2.24, 2.45) is 0 Å². The van der Waals surface area contributed by atoms with E-state index in [0.717, 1.165) is 6.54 Å². The van der Waals surface area contributed by atoms with E-state index in [2.05, 4.69) is 48.5 Å². The molecule has 0 atom stereocenters. The summed E-state index contributed by atoms with van der Waals surface area (Å²) in [6.07, 6.45) is 3.78. The lowest BCUT2D eigenvalue weighted by Crippen LogP contribution is -2.05. The van der Waals surface area contributed by atoms with Gasteiger partial charge in [-0.05, 0) is 50.1 Å². The van der Waals surface area contributed by atoms with Crippen LogP contribution in [0.1, 0.15) is 22.5 Å². The van der Waals surface area contributed by atoms with Crippen molar-refractivity contribution in [3.63, 3.8) is 0 Å². The lowest BCUT2D eigenvalue weighted by atomic mass is 10.1. The molecule has 0 fully saturated rings. The first kappa shape index (κ1) is 9.97. The minimum absolute atomic E-state index is 0.943. The third kappa shape index (κ3) is 1.94. The van der Waals surface area contributed by atoms with Crippen LogP contribution in [0, 0.1) is 20.8 Å². The minimum atomic E-state index is 0.943. The summed E-state index contributed by atoms with van der Waals surface area (Å²) in [6, 6.07) is 6.41. The molecule has 2 aromatic heterocycles. The van der Waals surface area contributed by atoms with Gasteiger partial charge in [0.05, 0.1) is 0 Å². The summed E-state index contributed by atoms with van der Waals surface area (Å²) in [4.78, 5) is 4.11. The van der Waals surface area contributed by atoms with Gasteiger partial charge in [0, 0.05) is 30.3 Å². The van der Waals surface area contributed by atoms with Crippen LogP contribution in [0.4, 0.5) is 0 Å². The first-order chi connectivity index (χ1) is 7.18. The number of aryl methyl sites for hydroxylation is 3. The van der Waals surface area contributed by atoms with Gasteiger partial charge in [-0.2, -0.15) is 0 Å². The van der Waals surface area contributed by atoms with E-state index in [1.807, 2.05) is 12.4 Å². The summed E-state index contributed by atoms with van der Waals surface area (Å²) in [6.45, 7) is 7.34. The fraction of sp³-hybridized carbons (Fsp3) is 0.308. The molecule has 0 aliphatic heterocycles. The van der Waals surface area contributed by atoms with Gasteiger partial charge in [0.25, 0.3) is 0 Å². The number of nitrogens with zero attached hydrogens (tertiary/aromatic N) is 2. The molecule has 0 aromatic carbocycles. The third-order valence-electron chi connectivity index (χ3n) is 2.88. The Kier molecular flexibility index (Phi) is 2.58.